The van der Waals surface area contributed by atoms with E-state index < -0.39 is 0 Å². The van der Waals surface area contributed by atoms with Crippen LogP contribution in [0.5, 0.6) is 0 Å². The normalized spacial score (nSPS) is 11.3. The van der Waals surface area contributed by atoms with Crippen LogP contribution in [-0.2, 0) is 0 Å². The summed E-state index contributed by atoms with van der Waals surface area (Å²) in [5.41, 5.74) is 16.2. The standard InChI is InChI=1S/C44H30N4.2ClH.Mg/c1-5-13-29(14-6-1)41-33-21-23-35(45-33)42(30-15-7-2-8-16-30)37-25-27-39(47-37)44(32-19-11-4-12-20-32)40-28-26-38(48-40)43(31-17-9-3-10-18-31)36-24-22-34(41)46-36;;;/h1-28,45,48H;2*1H;/q;;;+2/p-2. The van der Waals surface area contributed by atoms with Crippen molar-refractivity contribution in [1.82, 2.24) is 19.9 Å². The van der Waals surface area contributed by atoms with Gasteiger partial charge in [-0.1, -0.05) is 121 Å². The second-order valence-electron chi connectivity index (χ2n) is 12.0. The topological polar surface area (TPSA) is 57.4 Å². The second kappa shape index (κ2) is 15.4. The van der Waals surface area contributed by atoms with E-state index in [2.05, 4.69) is 156 Å². The summed E-state index contributed by atoms with van der Waals surface area (Å²) in [5, 5.41) is 0. The van der Waals surface area contributed by atoms with Crippen LogP contribution in [0.3, 0.4) is 0 Å². The first kappa shape index (κ1) is 35.6. The molecule has 0 radical (unpaired) electrons. The summed E-state index contributed by atoms with van der Waals surface area (Å²) in [5.74, 6) is 0. The number of halogens is 2. The molecule has 0 saturated carbocycles. The van der Waals surface area contributed by atoms with Crippen LogP contribution < -0.4 is 24.8 Å². The summed E-state index contributed by atoms with van der Waals surface area (Å²) < 4.78 is 0. The third kappa shape index (κ3) is 6.69. The van der Waals surface area contributed by atoms with Crippen LogP contribution in [0.4, 0.5) is 0 Å². The van der Waals surface area contributed by atoms with Gasteiger partial charge in [-0.25, -0.2) is 9.97 Å². The Labute approximate surface area is 325 Å². The Morgan fingerprint density at radius 1 is 0.294 bits per heavy atom. The molecule has 0 spiro atoms. The van der Waals surface area contributed by atoms with Crippen LogP contribution >= 0.6 is 0 Å². The Hall–Kier alpha value is -5.17. The largest absolute Gasteiger partial charge is 2.00 e. The molecule has 0 saturated heterocycles. The smallest absolute Gasteiger partial charge is 1.00 e. The molecule has 0 fully saturated rings. The molecule has 0 unspecified atom stereocenters. The van der Waals surface area contributed by atoms with Crippen molar-refractivity contribution in [3.05, 3.63) is 168 Å². The first-order valence-electron chi connectivity index (χ1n) is 16.2. The molecule has 7 heteroatoms. The van der Waals surface area contributed by atoms with Crippen LogP contribution in [0.25, 0.3) is 90.9 Å². The van der Waals surface area contributed by atoms with Gasteiger partial charge in [0, 0.05) is 44.3 Å². The number of benzene rings is 4. The Morgan fingerprint density at radius 2 is 0.510 bits per heavy atom. The summed E-state index contributed by atoms with van der Waals surface area (Å²) in [6, 6.07) is 50.7. The van der Waals surface area contributed by atoms with Crippen molar-refractivity contribution in [3.8, 4) is 44.5 Å². The fraction of sp³-hybridized carbons (Fsp3) is 0. The van der Waals surface area contributed by atoms with E-state index in [1.807, 2.05) is 24.3 Å². The van der Waals surface area contributed by atoms with Gasteiger partial charge in [-0.3, -0.25) is 0 Å². The number of nitrogens with zero attached hydrogens (tertiary/aromatic N) is 2. The molecule has 4 aromatic carbocycles. The van der Waals surface area contributed by atoms with Crippen molar-refractivity contribution in [2.45, 2.75) is 0 Å². The minimum Gasteiger partial charge on any atom is -1.00 e. The number of aromatic amines is 2. The van der Waals surface area contributed by atoms with Crippen LogP contribution in [0.15, 0.2) is 146 Å². The van der Waals surface area contributed by atoms with Gasteiger partial charge in [-0.05, 0) is 70.8 Å². The summed E-state index contributed by atoms with van der Waals surface area (Å²) in [6.07, 6.45) is 8.54. The number of H-pyrrole nitrogens is 2. The first-order chi connectivity index (χ1) is 23.8. The average Bonchev–Trinajstić information content (AvgIpc) is 3.98. The molecule has 9 rings (SSSR count). The number of rotatable bonds is 4. The molecule has 0 atom stereocenters. The molecule has 2 aliphatic rings. The zero-order valence-corrected chi connectivity index (χ0v) is 30.4. The maximum absolute atomic E-state index is 5.35. The van der Waals surface area contributed by atoms with E-state index in [0.29, 0.717) is 0 Å². The van der Waals surface area contributed by atoms with Crippen molar-refractivity contribution in [2.75, 3.05) is 0 Å². The minimum absolute atomic E-state index is 0. The number of hydrogen-bond donors (Lipinski definition) is 2. The van der Waals surface area contributed by atoms with Crippen LogP contribution in [0.1, 0.15) is 22.8 Å². The molecule has 0 amide bonds. The molecule has 8 bridgehead atoms. The van der Waals surface area contributed by atoms with Gasteiger partial charge in [0.15, 0.2) is 0 Å². The first-order valence-corrected chi connectivity index (χ1v) is 16.2. The van der Waals surface area contributed by atoms with Gasteiger partial charge in [-0.2, -0.15) is 0 Å². The monoisotopic (exact) mass is 708 g/mol. The molecule has 4 nitrogen and oxygen atoms in total. The molecule has 5 heterocycles. The SMILES string of the molecule is C1=Cc2nc1c(-c1ccccc1)c1ccc([nH]1)c(-c1ccccc1)c1nc(c(-c3ccccc3)c3ccc([nH]3)c2-c2ccccc2)C=C1.[Cl-].[Cl-].[Mg+2]. The van der Waals surface area contributed by atoms with Crippen LogP contribution in [0, 0.1) is 0 Å². The van der Waals surface area contributed by atoms with E-state index >= 15 is 0 Å². The average molecular weight is 710 g/mol. The summed E-state index contributed by atoms with van der Waals surface area (Å²) in [6.45, 7) is 0. The molecule has 3 aromatic heterocycles. The zero-order chi connectivity index (χ0) is 31.9. The van der Waals surface area contributed by atoms with Gasteiger partial charge >= 0.3 is 23.1 Å². The maximum Gasteiger partial charge on any atom is 2.00 e. The molecular weight excluding hydrogens is 680 g/mol. The van der Waals surface area contributed by atoms with Crippen molar-refractivity contribution >= 4 is 69.4 Å². The molecule has 51 heavy (non-hydrogen) atoms. The predicted octanol–water partition coefficient (Wildman–Crippen LogP) is 4.95. The van der Waals surface area contributed by atoms with E-state index in [1.54, 1.807) is 0 Å². The van der Waals surface area contributed by atoms with Gasteiger partial charge in [0.1, 0.15) is 0 Å². The van der Waals surface area contributed by atoms with Crippen molar-refractivity contribution < 1.29 is 24.8 Å². The van der Waals surface area contributed by atoms with E-state index in [-0.39, 0.29) is 47.9 Å². The fourth-order valence-electron chi connectivity index (χ4n) is 6.84. The number of aromatic nitrogens is 4. The Morgan fingerprint density at radius 3 is 0.725 bits per heavy atom. The molecule has 2 aliphatic heterocycles. The van der Waals surface area contributed by atoms with Crippen molar-refractivity contribution in [1.29, 1.82) is 0 Å². The van der Waals surface area contributed by atoms with Gasteiger partial charge in [0.25, 0.3) is 0 Å². The van der Waals surface area contributed by atoms with E-state index in [9.17, 15) is 0 Å². The molecular formula is C44H30Cl2MgN4. The van der Waals surface area contributed by atoms with Crippen molar-refractivity contribution in [2.24, 2.45) is 0 Å². The third-order valence-corrected chi connectivity index (χ3v) is 9.00. The van der Waals surface area contributed by atoms with Gasteiger partial charge in [-0.15, -0.1) is 0 Å². The van der Waals surface area contributed by atoms with Crippen molar-refractivity contribution in [3.63, 3.8) is 0 Å². The minimum atomic E-state index is 0. The summed E-state index contributed by atoms with van der Waals surface area (Å²) >= 11 is 0. The third-order valence-electron chi connectivity index (χ3n) is 9.00. The Bertz CT molecular complexity index is 2190. The molecule has 242 valence electrons. The van der Waals surface area contributed by atoms with E-state index in [0.717, 1.165) is 89.4 Å². The van der Waals surface area contributed by atoms with E-state index in [4.69, 9.17) is 9.97 Å². The fourth-order valence-corrected chi connectivity index (χ4v) is 6.84. The second-order valence-corrected chi connectivity index (χ2v) is 12.0. The summed E-state index contributed by atoms with van der Waals surface area (Å²) in [7, 11) is 0. The van der Waals surface area contributed by atoms with Gasteiger partial charge in [0.05, 0.1) is 22.8 Å². The Kier molecular flexibility index (Phi) is 10.7. The zero-order valence-electron chi connectivity index (χ0n) is 27.5. The predicted molar refractivity (Wildman–Crippen MR) is 206 cm³/mol. The van der Waals surface area contributed by atoms with E-state index in [1.165, 1.54) is 0 Å². The molecule has 7 aromatic rings. The number of hydrogen-bond acceptors (Lipinski definition) is 2. The maximum atomic E-state index is 5.35. The van der Waals surface area contributed by atoms with Gasteiger partial charge < -0.3 is 34.8 Å². The summed E-state index contributed by atoms with van der Waals surface area (Å²) in [4.78, 5) is 18.3. The van der Waals surface area contributed by atoms with Crippen LogP contribution in [0.2, 0.25) is 0 Å². The van der Waals surface area contributed by atoms with Crippen LogP contribution in [-0.4, -0.2) is 43.0 Å². The quantitative estimate of drug-likeness (QED) is 0.255. The molecule has 0 aliphatic carbocycles. The number of fused-ring (bicyclic) bond motifs is 8. The van der Waals surface area contributed by atoms with Gasteiger partial charge in [0.2, 0.25) is 0 Å². The number of nitrogens with one attached hydrogen (secondary N) is 2. The molecule has 2 N–H and O–H groups in total. The Balaban J connectivity index is 0.00000149.